The second-order valence-corrected chi connectivity index (χ2v) is 13.9. The average Bonchev–Trinajstić information content (AvgIpc) is 3.71. The second-order valence-electron chi connectivity index (χ2n) is 13.9. The monoisotopic (exact) mass is 688 g/mol. The average molecular weight is 689 g/mol. The topological polar surface area (TPSA) is 157 Å². The van der Waals surface area contributed by atoms with E-state index in [2.05, 4.69) is 39.8 Å². The SMILES string of the molecule is CN=C(N)Nc1cc(C2(CC=CC(=O)CCc3ccc(O)c(OC)c3)CCCC2)cc2c1OC#CC[C@H]1C[C@](CNC)(C[C@H]1C[C@H](O)OC)O2. The number of phenolic OH excluding ortho intramolecular Hbond substituents is 1. The third-order valence-corrected chi connectivity index (χ3v) is 10.6. The van der Waals surface area contributed by atoms with Crippen molar-refractivity contribution in [1.82, 2.24) is 5.32 Å². The summed E-state index contributed by atoms with van der Waals surface area (Å²) in [5.74, 6) is 5.35. The molecule has 0 radical (unpaired) electrons. The van der Waals surface area contributed by atoms with Crippen molar-refractivity contribution in [2.75, 3.05) is 40.2 Å². The summed E-state index contributed by atoms with van der Waals surface area (Å²) in [5.41, 5.74) is 8.03. The smallest absolute Gasteiger partial charge is 0.205 e. The Bertz CT molecular complexity index is 1620. The van der Waals surface area contributed by atoms with Crippen molar-refractivity contribution in [2.24, 2.45) is 22.6 Å². The first kappa shape index (κ1) is 37.0. The molecule has 4 atom stereocenters. The van der Waals surface area contributed by atoms with Crippen molar-refractivity contribution >= 4 is 17.4 Å². The number of aliphatic imine (C=N–C) groups is 1. The van der Waals surface area contributed by atoms with Crippen LogP contribution >= 0.6 is 0 Å². The molecule has 11 nitrogen and oxygen atoms in total. The number of aliphatic hydroxyl groups is 1. The highest BCUT2D eigenvalue weighted by Gasteiger charge is 2.48. The molecular weight excluding hydrogens is 636 g/mol. The van der Waals surface area contributed by atoms with E-state index in [1.54, 1.807) is 31.3 Å². The Labute approximate surface area is 295 Å². The van der Waals surface area contributed by atoms with Crippen LogP contribution in [-0.2, 0) is 21.4 Å². The molecule has 2 aromatic rings. The van der Waals surface area contributed by atoms with E-state index in [0.717, 1.165) is 49.7 Å². The van der Waals surface area contributed by atoms with Gasteiger partial charge in [-0.3, -0.25) is 9.79 Å². The predicted octanol–water partition coefficient (Wildman–Crippen LogP) is 5.18. The molecule has 270 valence electrons. The molecule has 1 aliphatic heterocycles. The van der Waals surface area contributed by atoms with Crippen molar-refractivity contribution in [1.29, 1.82) is 0 Å². The number of carbonyl (C=O) groups is 1. The number of aromatic hydroxyl groups is 1. The Morgan fingerprint density at radius 3 is 2.74 bits per heavy atom. The van der Waals surface area contributed by atoms with E-state index in [-0.39, 0.29) is 34.7 Å². The van der Waals surface area contributed by atoms with Crippen molar-refractivity contribution in [2.45, 2.75) is 87.9 Å². The molecule has 0 aromatic heterocycles. The van der Waals surface area contributed by atoms with Crippen LogP contribution in [0.5, 0.6) is 23.0 Å². The number of hydrogen-bond donors (Lipinski definition) is 5. The maximum Gasteiger partial charge on any atom is 0.205 e. The fourth-order valence-corrected chi connectivity index (χ4v) is 8.00. The number of aryl methyl sites for hydroxylation is 1. The van der Waals surface area contributed by atoms with Gasteiger partial charge in [0, 0.05) is 40.0 Å². The molecule has 0 saturated heterocycles. The summed E-state index contributed by atoms with van der Waals surface area (Å²) < 4.78 is 23.7. The first-order valence-electron chi connectivity index (χ1n) is 17.6. The zero-order valence-corrected chi connectivity index (χ0v) is 29.7. The van der Waals surface area contributed by atoms with E-state index in [1.165, 1.54) is 14.2 Å². The molecule has 11 heteroatoms. The molecule has 3 aliphatic rings. The minimum atomic E-state index is -0.855. The van der Waals surface area contributed by atoms with Crippen LogP contribution in [0.3, 0.4) is 0 Å². The van der Waals surface area contributed by atoms with Crippen LogP contribution in [0.4, 0.5) is 5.69 Å². The number of anilines is 1. The number of aliphatic hydroxyl groups excluding tert-OH is 1. The first-order chi connectivity index (χ1) is 24.1. The second kappa shape index (κ2) is 16.6. The normalized spacial score (nSPS) is 23.3. The van der Waals surface area contributed by atoms with Crippen molar-refractivity contribution < 1.29 is 34.0 Å². The van der Waals surface area contributed by atoms with Crippen molar-refractivity contribution in [3.8, 4) is 35.0 Å². The maximum atomic E-state index is 13.0. The lowest BCUT2D eigenvalue weighted by Crippen LogP contribution is -2.43. The van der Waals surface area contributed by atoms with Crippen molar-refractivity contribution in [3.05, 3.63) is 53.6 Å². The molecule has 2 fully saturated rings. The fourth-order valence-electron chi connectivity index (χ4n) is 8.00. The largest absolute Gasteiger partial charge is 0.504 e. The van der Waals surface area contributed by atoms with Crippen LogP contribution in [-0.4, -0.2) is 68.7 Å². The molecule has 0 amide bonds. The molecule has 50 heavy (non-hydrogen) atoms. The lowest BCUT2D eigenvalue weighted by molar-refractivity contribution is -0.114. The highest BCUT2D eigenvalue weighted by atomic mass is 16.6. The lowest BCUT2D eigenvalue weighted by atomic mass is 9.75. The number of rotatable bonds is 14. The molecule has 0 spiro atoms. The molecule has 2 bridgehead atoms. The van der Waals surface area contributed by atoms with Crippen LogP contribution in [0, 0.1) is 23.9 Å². The molecule has 1 heterocycles. The number of phenols is 1. The number of ketones is 1. The Morgan fingerprint density at radius 1 is 1.22 bits per heavy atom. The molecule has 6 N–H and O–H groups in total. The molecule has 0 unspecified atom stereocenters. The summed E-state index contributed by atoms with van der Waals surface area (Å²) >= 11 is 0. The Kier molecular flexibility index (Phi) is 12.3. The van der Waals surface area contributed by atoms with Crippen LogP contribution < -0.4 is 30.6 Å². The van der Waals surface area contributed by atoms with Gasteiger partial charge in [0.2, 0.25) is 5.75 Å². The number of nitrogens with zero attached hydrogens (tertiary/aromatic N) is 1. The van der Waals surface area contributed by atoms with E-state index < -0.39 is 11.9 Å². The van der Waals surface area contributed by atoms with E-state index >= 15 is 0 Å². The number of nitrogens with two attached hydrogens (primary N) is 1. The summed E-state index contributed by atoms with van der Waals surface area (Å²) in [5, 5.41) is 26.9. The van der Waals surface area contributed by atoms with Gasteiger partial charge >= 0.3 is 0 Å². The number of nitrogens with one attached hydrogen (secondary N) is 2. The zero-order chi connectivity index (χ0) is 35.7. The number of hydrogen-bond acceptors (Lipinski definition) is 9. The number of methoxy groups -OCH3 is 2. The summed E-state index contributed by atoms with van der Waals surface area (Å²) in [6.07, 6.45) is 14.0. The zero-order valence-electron chi connectivity index (χ0n) is 29.7. The number of benzene rings is 2. The van der Waals surface area contributed by atoms with E-state index in [1.807, 2.05) is 13.1 Å². The van der Waals surface area contributed by atoms with Crippen LogP contribution in [0.15, 0.2) is 47.5 Å². The number of likely N-dealkylation sites (N-methyl/N-ethyl adjacent to an activating group) is 1. The van der Waals surface area contributed by atoms with Gasteiger partial charge in [-0.1, -0.05) is 30.9 Å². The van der Waals surface area contributed by atoms with Gasteiger partial charge in [0.15, 0.2) is 35.3 Å². The van der Waals surface area contributed by atoms with Gasteiger partial charge in [-0.2, -0.15) is 0 Å². The van der Waals surface area contributed by atoms with E-state index in [4.69, 9.17) is 24.7 Å². The fraction of sp³-hybridized carbons (Fsp3) is 0.538. The Morgan fingerprint density at radius 2 is 2.02 bits per heavy atom. The summed E-state index contributed by atoms with van der Waals surface area (Å²) in [6.45, 7) is 0.606. The number of carbonyl (C=O) groups excluding carboxylic acids is 1. The molecular formula is C39H52N4O7. The van der Waals surface area contributed by atoms with Gasteiger partial charge in [-0.15, -0.1) is 0 Å². The Balaban J connectivity index is 1.45. The summed E-state index contributed by atoms with van der Waals surface area (Å²) in [4.78, 5) is 17.1. The molecule has 5 rings (SSSR count). The number of fused-ring (bicyclic) bond motifs is 3. The minimum absolute atomic E-state index is 0.0400. The van der Waals surface area contributed by atoms with Gasteiger partial charge in [0.1, 0.15) is 11.7 Å². The standard InChI is InChI=1S/C39H52N4O7/c1-41-25-39-23-27(28(24-39)20-35(46)48-4)9-8-18-49-36-31(43-37(40)42-2)21-29(22-34(36)50-39)38(15-5-6-16-38)17-7-10-30(44)13-11-26-12-14-32(45)33(19-26)47-3/h7,10,12,14,19,21-22,27-28,35,41,45-46H,5-6,9,11,13,15-17,20,23-25H2,1-4H3,(H3,40,42,43)/t27-,28+,35+,39+/m0/s1. The summed E-state index contributed by atoms with van der Waals surface area (Å²) in [6, 6.07) is 9.31. The van der Waals surface area contributed by atoms with E-state index in [9.17, 15) is 15.0 Å². The number of guanidine groups is 1. The number of allylic oxidation sites excluding steroid dienone is 2. The van der Waals surface area contributed by atoms with Crippen molar-refractivity contribution in [3.63, 3.8) is 0 Å². The first-order valence-corrected chi connectivity index (χ1v) is 17.6. The highest BCUT2D eigenvalue weighted by Crippen LogP contribution is 2.52. The molecule has 2 aliphatic carbocycles. The van der Waals surface area contributed by atoms with Gasteiger partial charge < -0.3 is 45.5 Å². The predicted molar refractivity (Wildman–Crippen MR) is 194 cm³/mol. The number of ether oxygens (including phenoxy) is 4. The quantitative estimate of drug-likeness (QED) is 0.0589. The molecule has 2 saturated carbocycles. The highest BCUT2D eigenvalue weighted by molar-refractivity contribution is 5.94. The van der Waals surface area contributed by atoms with Crippen LogP contribution in [0.2, 0.25) is 0 Å². The minimum Gasteiger partial charge on any atom is -0.504 e. The van der Waals surface area contributed by atoms with Gasteiger partial charge in [0.25, 0.3) is 0 Å². The van der Waals surface area contributed by atoms with Gasteiger partial charge in [-0.25, -0.2) is 0 Å². The lowest BCUT2D eigenvalue weighted by Gasteiger charge is -2.34. The Hall–Kier alpha value is -4.24. The third-order valence-electron chi connectivity index (χ3n) is 10.6. The maximum absolute atomic E-state index is 13.0. The summed E-state index contributed by atoms with van der Waals surface area (Å²) in [7, 11) is 6.57. The molecule has 2 aromatic carbocycles. The van der Waals surface area contributed by atoms with E-state index in [0.29, 0.717) is 61.6 Å². The third kappa shape index (κ3) is 8.73. The van der Waals surface area contributed by atoms with Gasteiger partial charge in [0.05, 0.1) is 12.8 Å². The van der Waals surface area contributed by atoms with Gasteiger partial charge in [-0.05, 0) is 104 Å². The van der Waals surface area contributed by atoms with Crippen LogP contribution in [0.25, 0.3) is 0 Å². The van der Waals surface area contributed by atoms with Crippen LogP contribution in [0.1, 0.15) is 75.3 Å².